The third-order valence-electron chi connectivity index (χ3n) is 6.69. The molecular weight excluding hydrogens is 700 g/mol. The molecule has 2 aliphatic rings. The van der Waals surface area contributed by atoms with Crippen molar-refractivity contribution >= 4 is 54.5 Å². The summed E-state index contributed by atoms with van der Waals surface area (Å²) >= 11 is 3.29. The number of pyridine rings is 1. The molecule has 20 nitrogen and oxygen atoms in total. The summed E-state index contributed by atoms with van der Waals surface area (Å²) in [7, 11) is -10.9. The molecule has 0 radical (unpaired) electrons. The third-order valence-corrected chi connectivity index (χ3v) is 10.3. The van der Waals surface area contributed by atoms with Gasteiger partial charge in [-0.3, -0.25) is 18.5 Å². The van der Waals surface area contributed by atoms with Crippen LogP contribution in [0.25, 0.3) is 11.2 Å². The van der Waals surface area contributed by atoms with Crippen molar-refractivity contribution in [2.24, 2.45) is 5.73 Å². The predicted molar refractivity (Wildman–Crippen MR) is 144 cm³/mol. The maximum atomic E-state index is 12.4. The summed E-state index contributed by atoms with van der Waals surface area (Å²) in [5, 5.41) is 31.3. The van der Waals surface area contributed by atoms with Crippen molar-refractivity contribution in [1.29, 1.82) is 0 Å². The fourth-order valence-electron chi connectivity index (χ4n) is 4.54. The number of phosphoric acid groups is 2. The monoisotopic (exact) mass is 725 g/mol. The van der Waals surface area contributed by atoms with Crippen LogP contribution >= 0.6 is 31.6 Å². The Kier molecular flexibility index (Phi) is 9.51. The van der Waals surface area contributed by atoms with Crippen LogP contribution in [0.15, 0.2) is 37.2 Å². The van der Waals surface area contributed by atoms with Gasteiger partial charge in [0.15, 0.2) is 36.2 Å². The number of nitrogens with two attached hydrogens (primary N) is 2. The van der Waals surface area contributed by atoms with E-state index in [1.807, 2.05) is 0 Å². The first-order valence-corrected chi connectivity index (χ1v) is 16.4. The van der Waals surface area contributed by atoms with Gasteiger partial charge in [0.05, 0.1) is 30.5 Å². The van der Waals surface area contributed by atoms with E-state index in [0.717, 1.165) is 0 Å². The molecule has 8 N–H and O–H groups in total. The number of carbonyl (C=O) groups excluding carboxylic acids is 1. The van der Waals surface area contributed by atoms with Gasteiger partial charge in [-0.15, -0.1) is 0 Å². The molecule has 2 saturated heterocycles. The molecule has 23 heteroatoms. The number of amides is 1. The van der Waals surface area contributed by atoms with E-state index in [0.29, 0.717) is 0 Å². The highest BCUT2D eigenvalue weighted by molar-refractivity contribution is 9.09. The average Bonchev–Trinajstić information content (AvgIpc) is 3.61. The average molecular weight is 726 g/mol. The Balaban J connectivity index is 1.16. The van der Waals surface area contributed by atoms with Crippen molar-refractivity contribution in [2.75, 3.05) is 18.9 Å². The van der Waals surface area contributed by atoms with E-state index in [9.17, 15) is 39.0 Å². The Morgan fingerprint density at radius 3 is 2.55 bits per heavy atom. The molecule has 2 aliphatic heterocycles. The largest absolute Gasteiger partial charge is 0.756 e. The summed E-state index contributed by atoms with van der Waals surface area (Å²) in [5.41, 5.74) is 11.7. The molecule has 44 heavy (non-hydrogen) atoms. The molecule has 5 rings (SSSR count). The van der Waals surface area contributed by atoms with Gasteiger partial charge in [0.1, 0.15) is 35.7 Å². The van der Waals surface area contributed by atoms with E-state index in [4.69, 9.17) is 25.5 Å². The number of carbonyl (C=O) groups is 1. The molecule has 240 valence electrons. The van der Waals surface area contributed by atoms with Crippen LogP contribution in [-0.4, -0.2) is 94.2 Å². The summed E-state index contributed by atoms with van der Waals surface area (Å²) in [6.07, 6.45) is -4.23. The lowest BCUT2D eigenvalue weighted by Crippen LogP contribution is -2.46. The second-order valence-electron chi connectivity index (χ2n) is 9.62. The quantitative estimate of drug-likeness (QED) is 0.0691. The van der Waals surface area contributed by atoms with Crippen molar-refractivity contribution in [3.63, 3.8) is 0 Å². The molecule has 0 bridgehead atoms. The number of primary amides is 1. The number of ether oxygens (including phenoxy) is 2. The van der Waals surface area contributed by atoms with Crippen LogP contribution < -0.4 is 20.9 Å². The molecule has 3 aromatic rings. The molecule has 10 atom stereocenters. The lowest BCUT2D eigenvalue weighted by Gasteiger charge is -2.26. The summed E-state index contributed by atoms with van der Waals surface area (Å²) < 4.78 is 52.2. The Hall–Kier alpha value is -2.49. The van der Waals surface area contributed by atoms with Crippen LogP contribution in [0, 0.1) is 0 Å². The highest BCUT2D eigenvalue weighted by atomic mass is 79.9. The molecule has 1 amide bonds. The van der Waals surface area contributed by atoms with Crippen LogP contribution in [0.4, 0.5) is 5.82 Å². The van der Waals surface area contributed by atoms with Gasteiger partial charge >= 0.3 is 7.82 Å². The number of aliphatic hydroxyl groups is 3. The van der Waals surface area contributed by atoms with E-state index < -0.39 is 82.6 Å². The minimum absolute atomic E-state index is 0.0707. The number of hydrogen-bond donors (Lipinski definition) is 6. The summed E-state index contributed by atoms with van der Waals surface area (Å²) in [5.74, 6) is -0.652. The number of phosphoric ester groups is 2. The number of alkyl halides is 1. The minimum atomic E-state index is -5.58. The molecule has 2 unspecified atom stereocenters. The Labute approximate surface area is 255 Å². The van der Waals surface area contributed by atoms with Crippen molar-refractivity contribution in [3.8, 4) is 0 Å². The Morgan fingerprint density at radius 1 is 1.11 bits per heavy atom. The maximum Gasteiger partial charge on any atom is 0.478 e. The van der Waals surface area contributed by atoms with Crippen molar-refractivity contribution in [3.05, 3.63) is 42.7 Å². The minimum Gasteiger partial charge on any atom is -0.756 e. The van der Waals surface area contributed by atoms with E-state index >= 15 is 0 Å². The van der Waals surface area contributed by atoms with Crippen molar-refractivity contribution in [1.82, 2.24) is 19.5 Å². The van der Waals surface area contributed by atoms with Crippen LogP contribution in [0.3, 0.4) is 0 Å². The van der Waals surface area contributed by atoms with E-state index in [1.165, 1.54) is 46.3 Å². The highest BCUT2D eigenvalue weighted by Crippen LogP contribution is 2.58. The number of aliphatic hydroxyl groups excluding tert-OH is 3. The standard InChI is InChI=1S/C21H26BrN7O13P2/c22-12-14(30)10(40-20(12)29-8-27-13-17(23)25-7-26-19(13)29)5-38-43(34,35)42-44(36,37)39-6-11-15(31)16(32)21(41-11)28-3-1-2-9(4-28)18(24)33/h1-4,7-8,10-12,14-16,20-21,30-32H,5-6H2,(H5-,23,24,25,26,33,34,35,36,37)/t10-,11-,12-,14-,15-,16-,20-,21-/m1/s1. The number of hydrogen-bond acceptors (Lipinski definition) is 16. The Bertz CT molecular complexity index is 1630. The first kappa shape index (κ1) is 32.9. The number of rotatable bonds is 11. The summed E-state index contributed by atoms with van der Waals surface area (Å²) in [4.78, 5) is 45.1. The summed E-state index contributed by atoms with van der Waals surface area (Å²) in [6.45, 7) is -1.73. The van der Waals surface area contributed by atoms with Gasteiger partial charge in [-0.25, -0.2) is 23.8 Å². The number of imidazole rings is 1. The normalized spacial score (nSPS) is 31.6. The summed E-state index contributed by atoms with van der Waals surface area (Å²) in [6, 6.07) is 2.84. The zero-order valence-electron chi connectivity index (χ0n) is 22.1. The third kappa shape index (κ3) is 6.85. The van der Waals surface area contributed by atoms with Gasteiger partial charge in [-0.05, 0) is 6.07 Å². The lowest BCUT2D eigenvalue weighted by molar-refractivity contribution is -0.765. The van der Waals surface area contributed by atoms with Crippen molar-refractivity contribution in [2.45, 2.75) is 47.8 Å². The number of nitrogen functional groups attached to an aromatic ring is 1. The van der Waals surface area contributed by atoms with Gasteiger partial charge in [-0.1, -0.05) is 15.9 Å². The fourth-order valence-corrected chi connectivity index (χ4v) is 7.31. The molecule has 3 aromatic heterocycles. The second kappa shape index (κ2) is 12.7. The van der Waals surface area contributed by atoms with Crippen LogP contribution in [0.1, 0.15) is 22.8 Å². The fraction of sp³-hybridized carbons (Fsp3) is 0.476. The van der Waals surface area contributed by atoms with Gasteiger partial charge in [0.25, 0.3) is 20.0 Å². The zero-order chi connectivity index (χ0) is 32.0. The van der Waals surface area contributed by atoms with Crippen LogP contribution in [0.5, 0.6) is 0 Å². The first-order valence-electron chi connectivity index (χ1n) is 12.5. The van der Waals surface area contributed by atoms with Crippen molar-refractivity contribution < 1.29 is 66.4 Å². The van der Waals surface area contributed by atoms with Gasteiger partial charge in [-0.2, -0.15) is 4.57 Å². The van der Waals surface area contributed by atoms with E-state index in [1.54, 1.807) is 0 Å². The number of halogens is 1. The van der Waals surface area contributed by atoms with Gasteiger partial charge in [0, 0.05) is 6.07 Å². The van der Waals surface area contributed by atoms with Gasteiger partial charge in [0.2, 0.25) is 0 Å². The number of aromatic nitrogens is 5. The predicted octanol–water partition coefficient (Wildman–Crippen LogP) is -2.25. The van der Waals surface area contributed by atoms with Gasteiger partial charge < -0.3 is 50.6 Å². The van der Waals surface area contributed by atoms with Crippen LogP contribution in [0.2, 0.25) is 0 Å². The molecule has 0 aromatic carbocycles. The SMILES string of the molecule is NC(=O)c1ccc[n+]([C@@H]2O[C@H](COP(=O)([O-])OP(=O)(O)OC[C@H]3O[C@@H](n4cnc5c(N)ncnc54)[C@H](Br)[C@@H]3O)[C@@H](O)[C@H]2O)c1. The number of fused-ring (bicyclic) bond motifs is 1. The molecule has 0 saturated carbocycles. The lowest BCUT2D eigenvalue weighted by atomic mass is 10.1. The Morgan fingerprint density at radius 2 is 1.82 bits per heavy atom. The zero-order valence-corrected chi connectivity index (χ0v) is 25.5. The first-order chi connectivity index (χ1) is 20.7. The molecule has 0 aliphatic carbocycles. The molecule has 5 heterocycles. The molecule has 2 fully saturated rings. The van der Waals surface area contributed by atoms with Crippen LogP contribution in [-0.2, 0) is 32.0 Å². The smallest absolute Gasteiger partial charge is 0.478 e. The number of anilines is 1. The number of nitrogens with zero attached hydrogens (tertiary/aromatic N) is 5. The topological polar surface area (TPSA) is 301 Å². The second-order valence-corrected chi connectivity index (χ2v) is 13.7. The molecule has 0 spiro atoms. The molecular formula is C21H26BrN7O13P2. The van der Waals surface area contributed by atoms with E-state index in [-0.39, 0.29) is 22.5 Å². The van der Waals surface area contributed by atoms with E-state index in [2.05, 4.69) is 39.7 Å². The highest BCUT2D eigenvalue weighted by Gasteiger charge is 2.49. The maximum absolute atomic E-state index is 12.4.